The van der Waals surface area contributed by atoms with Gasteiger partial charge in [0.15, 0.2) is 0 Å². The molecular formula is C22H18FN3O5S. The second-order valence-electron chi connectivity index (χ2n) is 6.37. The van der Waals surface area contributed by atoms with E-state index in [1.807, 2.05) is 0 Å². The van der Waals surface area contributed by atoms with Gasteiger partial charge in [0.2, 0.25) is 10.0 Å². The fourth-order valence-electron chi connectivity index (χ4n) is 2.47. The SMILES string of the molecule is O=C(CNS(=O)(=O)c1ccccc1)NN=Cc1ccc(OC(=O)c2ccccc2F)cc1. The molecule has 0 unspecified atom stereocenters. The van der Waals surface area contributed by atoms with Crippen molar-refractivity contribution in [3.8, 4) is 5.75 Å². The lowest BCUT2D eigenvalue weighted by Gasteiger charge is -2.06. The van der Waals surface area contributed by atoms with Crippen molar-refractivity contribution in [3.05, 3.63) is 95.8 Å². The van der Waals surface area contributed by atoms with E-state index in [-0.39, 0.29) is 16.2 Å². The number of sulfonamides is 1. The van der Waals surface area contributed by atoms with E-state index in [4.69, 9.17) is 4.74 Å². The van der Waals surface area contributed by atoms with Crippen LogP contribution in [0.1, 0.15) is 15.9 Å². The summed E-state index contributed by atoms with van der Waals surface area (Å²) in [6, 6.07) is 19.2. The summed E-state index contributed by atoms with van der Waals surface area (Å²) in [6.07, 6.45) is 1.33. The lowest BCUT2D eigenvalue weighted by Crippen LogP contribution is -2.34. The lowest BCUT2D eigenvalue weighted by atomic mass is 10.2. The number of carbonyl (C=O) groups is 2. The van der Waals surface area contributed by atoms with Crippen molar-refractivity contribution >= 4 is 28.1 Å². The van der Waals surface area contributed by atoms with E-state index in [9.17, 15) is 22.4 Å². The molecule has 0 fully saturated rings. The molecule has 0 radical (unpaired) electrons. The molecule has 8 nitrogen and oxygen atoms in total. The number of benzene rings is 3. The first-order valence-corrected chi connectivity index (χ1v) is 10.8. The fraction of sp³-hybridized carbons (Fsp3) is 0.0455. The molecule has 0 aliphatic heterocycles. The second-order valence-corrected chi connectivity index (χ2v) is 8.14. The number of esters is 1. The van der Waals surface area contributed by atoms with Gasteiger partial charge in [-0.15, -0.1) is 0 Å². The van der Waals surface area contributed by atoms with E-state index in [0.29, 0.717) is 5.56 Å². The Balaban J connectivity index is 1.49. The number of amides is 1. The van der Waals surface area contributed by atoms with Gasteiger partial charge in [0, 0.05) is 0 Å². The average Bonchev–Trinajstić information content (AvgIpc) is 2.80. The summed E-state index contributed by atoms with van der Waals surface area (Å²) >= 11 is 0. The number of nitrogens with zero attached hydrogens (tertiary/aromatic N) is 1. The number of carbonyl (C=O) groups excluding carboxylic acids is 2. The molecule has 0 heterocycles. The van der Waals surface area contributed by atoms with Crippen molar-refractivity contribution in [2.45, 2.75) is 4.90 Å². The van der Waals surface area contributed by atoms with Gasteiger partial charge < -0.3 is 4.74 Å². The Hall–Kier alpha value is -3.89. The third kappa shape index (κ3) is 6.30. The first kappa shape index (κ1) is 22.8. The maximum atomic E-state index is 13.6. The van der Waals surface area contributed by atoms with Crippen molar-refractivity contribution in [2.24, 2.45) is 5.10 Å². The summed E-state index contributed by atoms with van der Waals surface area (Å²) in [7, 11) is -3.80. The van der Waals surface area contributed by atoms with Crippen LogP contribution in [0.2, 0.25) is 0 Å². The first-order chi connectivity index (χ1) is 15.3. The summed E-state index contributed by atoms with van der Waals surface area (Å²) in [5, 5.41) is 3.75. The van der Waals surface area contributed by atoms with Crippen molar-refractivity contribution in [1.82, 2.24) is 10.1 Å². The van der Waals surface area contributed by atoms with E-state index in [0.717, 1.165) is 6.07 Å². The van der Waals surface area contributed by atoms with Crippen LogP contribution in [0.15, 0.2) is 88.9 Å². The molecule has 0 bridgehead atoms. The molecule has 0 saturated heterocycles. The molecule has 3 aromatic rings. The predicted molar refractivity (Wildman–Crippen MR) is 115 cm³/mol. The number of ether oxygens (including phenoxy) is 1. The summed E-state index contributed by atoms with van der Waals surface area (Å²) < 4.78 is 45.1. The quantitative estimate of drug-likeness (QED) is 0.234. The van der Waals surface area contributed by atoms with Crippen LogP contribution < -0.4 is 14.9 Å². The Morgan fingerprint density at radius 2 is 1.59 bits per heavy atom. The van der Waals surface area contributed by atoms with Crippen molar-refractivity contribution in [3.63, 3.8) is 0 Å². The summed E-state index contributed by atoms with van der Waals surface area (Å²) in [4.78, 5) is 23.9. The molecule has 164 valence electrons. The van der Waals surface area contributed by atoms with Crippen LogP contribution in [0.25, 0.3) is 0 Å². The molecule has 2 N–H and O–H groups in total. The third-order valence-corrected chi connectivity index (χ3v) is 5.48. The van der Waals surface area contributed by atoms with Gasteiger partial charge in [0.25, 0.3) is 5.91 Å². The van der Waals surface area contributed by atoms with Crippen LogP contribution in [0, 0.1) is 5.82 Å². The lowest BCUT2D eigenvalue weighted by molar-refractivity contribution is -0.119. The predicted octanol–water partition coefficient (Wildman–Crippen LogP) is 2.47. The van der Waals surface area contributed by atoms with E-state index >= 15 is 0 Å². The molecule has 3 rings (SSSR count). The minimum absolute atomic E-state index is 0.0482. The Morgan fingerprint density at radius 1 is 0.938 bits per heavy atom. The van der Waals surface area contributed by atoms with Gasteiger partial charge >= 0.3 is 5.97 Å². The van der Waals surface area contributed by atoms with E-state index in [1.54, 1.807) is 30.3 Å². The zero-order valence-electron chi connectivity index (χ0n) is 16.6. The summed E-state index contributed by atoms with van der Waals surface area (Å²) in [5.41, 5.74) is 2.60. The maximum absolute atomic E-state index is 13.6. The molecule has 0 saturated carbocycles. The largest absolute Gasteiger partial charge is 0.423 e. The monoisotopic (exact) mass is 455 g/mol. The van der Waals surface area contributed by atoms with Gasteiger partial charge in [-0.2, -0.15) is 5.10 Å². The Kier molecular flexibility index (Phi) is 7.42. The minimum atomic E-state index is -3.80. The summed E-state index contributed by atoms with van der Waals surface area (Å²) in [6.45, 7) is -0.487. The number of nitrogens with one attached hydrogen (secondary N) is 2. The zero-order chi connectivity index (χ0) is 23.0. The Morgan fingerprint density at radius 3 is 2.28 bits per heavy atom. The van der Waals surface area contributed by atoms with Crippen LogP contribution in [0.3, 0.4) is 0 Å². The molecular weight excluding hydrogens is 437 g/mol. The first-order valence-electron chi connectivity index (χ1n) is 9.28. The van der Waals surface area contributed by atoms with E-state index in [2.05, 4.69) is 15.2 Å². The Bertz CT molecular complexity index is 1230. The highest BCUT2D eigenvalue weighted by Gasteiger charge is 2.15. The molecule has 0 aliphatic carbocycles. The molecule has 1 amide bonds. The highest BCUT2D eigenvalue weighted by atomic mass is 32.2. The van der Waals surface area contributed by atoms with Crippen LogP contribution in [-0.4, -0.2) is 33.1 Å². The van der Waals surface area contributed by atoms with Crippen LogP contribution in [-0.2, 0) is 14.8 Å². The van der Waals surface area contributed by atoms with Crippen LogP contribution in [0.5, 0.6) is 5.75 Å². The number of hydrogen-bond acceptors (Lipinski definition) is 6. The number of halogens is 1. The molecule has 3 aromatic carbocycles. The molecule has 0 spiro atoms. The van der Waals surface area contributed by atoms with Gasteiger partial charge in [-0.1, -0.05) is 30.3 Å². The van der Waals surface area contributed by atoms with Crippen molar-refractivity contribution in [2.75, 3.05) is 6.54 Å². The molecule has 10 heteroatoms. The third-order valence-electron chi connectivity index (χ3n) is 4.06. The summed E-state index contributed by atoms with van der Waals surface area (Å²) in [5.74, 6) is -1.95. The number of hydrazone groups is 1. The number of hydrogen-bond donors (Lipinski definition) is 2. The average molecular weight is 455 g/mol. The highest BCUT2D eigenvalue weighted by Crippen LogP contribution is 2.15. The number of rotatable bonds is 8. The zero-order valence-corrected chi connectivity index (χ0v) is 17.4. The van der Waals surface area contributed by atoms with Gasteiger partial charge in [0.1, 0.15) is 11.6 Å². The molecule has 0 aliphatic rings. The topological polar surface area (TPSA) is 114 Å². The normalized spacial score (nSPS) is 11.3. The smallest absolute Gasteiger partial charge is 0.346 e. The highest BCUT2D eigenvalue weighted by molar-refractivity contribution is 7.89. The van der Waals surface area contributed by atoms with Gasteiger partial charge in [-0.25, -0.2) is 27.8 Å². The molecule has 32 heavy (non-hydrogen) atoms. The van der Waals surface area contributed by atoms with Crippen LogP contribution >= 0.6 is 0 Å². The van der Waals surface area contributed by atoms with Gasteiger partial charge in [0.05, 0.1) is 23.2 Å². The van der Waals surface area contributed by atoms with Crippen LogP contribution in [0.4, 0.5) is 4.39 Å². The molecule has 0 aromatic heterocycles. The van der Waals surface area contributed by atoms with E-state index < -0.39 is 34.3 Å². The van der Waals surface area contributed by atoms with E-state index in [1.165, 1.54) is 48.7 Å². The minimum Gasteiger partial charge on any atom is -0.423 e. The standard InChI is InChI=1S/C22H18FN3O5S/c23-20-9-5-4-8-19(20)22(28)31-17-12-10-16(11-13-17)14-24-26-21(27)15-25-32(29,30)18-6-2-1-3-7-18/h1-14,25H,15H2,(H,26,27). The maximum Gasteiger partial charge on any atom is 0.346 e. The van der Waals surface area contributed by atoms with Crippen molar-refractivity contribution in [1.29, 1.82) is 0 Å². The van der Waals surface area contributed by atoms with Gasteiger partial charge in [-0.3, -0.25) is 4.79 Å². The van der Waals surface area contributed by atoms with Crippen molar-refractivity contribution < 1.29 is 27.1 Å². The fourth-order valence-corrected chi connectivity index (χ4v) is 3.48. The second kappa shape index (κ2) is 10.4. The molecule has 0 atom stereocenters. The van der Waals surface area contributed by atoms with Gasteiger partial charge in [-0.05, 0) is 54.1 Å². The Labute approximate surface area is 183 Å².